The Bertz CT molecular complexity index is 563. The summed E-state index contributed by atoms with van der Waals surface area (Å²) in [7, 11) is 0. The van der Waals surface area contributed by atoms with Gasteiger partial charge in [0.2, 0.25) is 0 Å². The van der Waals surface area contributed by atoms with Crippen LogP contribution in [-0.2, 0) is 0 Å². The Kier molecular flexibility index (Phi) is 3.69. The number of halogens is 1. The fraction of sp³-hybridized carbons (Fsp3) is 0. The lowest BCUT2D eigenvalue weighted by molar-refractivity contribution is 1.47. The minimum absolute atomic E-state index is 0.658. The molecule has 0 amide bonds. The molecule has 0 saturated heterocycles. The lowest BCUT2D eigenvalue weighted by Gasteiger charge is -1.95. The first-order chi connectivity index (χ1) is 8.28. The summed E-state index contributed by atoms with van der Waals surface area (Å²) in [6.45, 7) is 0. The van der Waals surface area contributed by atoms with Crippen LogP contribution < -0.4 is 0 Å². The third-order valence-corrected chi connectivity index (χ3v) is 2.76. The number of rotatable bonds is 2. The molecule has 0 heterocycles. The smallest absolute Gasteiger partial charge is 0.0991 e. The van der Waals surface area contributed by atoms with Crippen molar-refractivity contribution in [1.82, 2.24) is 0 Å². The molecule has 0 aliphatic heterocycles. The van der Waals surface area contributed by atoms with Crippen LogP contribution in [-0.4, -0.2) is 6.21 Å². The maximum atomic E-state index is 8.67. The molecule has 0 radical (unpaired) electrons. The van der Waals surface area contributed by atoms with E-state index in [0.717, 1.165) is 15.7 Å². The lowest BCUT2D eigenvalue weighted by Crippen LogP contribution is -1.81. The van der Waals surface area contributed by atoms with Gasteiger partial charge in [0.15, 0.2) is 0 Å². The fourth-order valence-corrected chi connectivity index (χ4v) is 1.58. The van der Waals surface area contributed by atoms with Crippen LogP contribution in [0.4, 0.5) is 5.69 Å². The number of benzene rings is 2. The maximum Gasteiger partial charge on any atom is 0.0991 e. The van der Waals surface area contributed by atoms with Crippen molar-refractivity contribution in [3.8, 4) is 6.07 Å². The monoisotopic (exact) mass is 284 g/mol. The molecule has 0 N–H and O–H groups in total. The molecule has 0 bridgehead atoms. The zero-order valence-electron chi connectivity index (χ0n) is 8.97. The van der Waals surface area contributed by atoms with E-state index >= 15 is 0 Å². The van der Waals surface area contributed by atoms with Crippen LogP contribution in [0, 0.1) is 11.3 Å². The highest BCUT2D eigenvalue weighted by atomic mass is 79.9. The van der Waals surface area contributed by atoms with E-state index in [2.05, 4.69) is 27.0 Å². The van der Waals surface area contributed by atoms with Crippen molar-refractivity contribution in [2.24, 2.45) is 4.99 Å². The Labute approximate surface area is 108 Å². The van der Waals surface area contributed by atoms with Gasteiger partial charge in [0.25, 0.3) is 0 Å². The third kappa shape index (κ3) is 3.27. The molecule has 0 atom stereocenters. The second-order valence-electron chi connectivity index (χ2n) is 3.47. The summed E-state index contributed by atoms with van der Waals surface area (Å²) in [4.78, 5) is 4.34. The van der Waals surface area contributed by atoms with Crippen molar-refractivity contribution >= 4 is 27.8 Å². The largest absolute Gasteiger partial charge is 0.256 e. The molecule has 3 heteroatoms. The predicted molar refractivity (Wildman–Crippen MR) is 72.6 cm³/mol. The molecule has 0 spiro atoms. The molecule has 17 heavy (non-hydrogen) atoms. The first-order valence-corrected chi connectivity index (χ1v) is 5.87. The van der Waals surface area contributed by atoms with E-state index in [4.69, 9.17) is 5.26 Å². The predicted octanol–water partition coefficient (Wildman–Crippen LogP) is 4.07. The Morgan fingerprint density at radius 3 is 2.24 bits per heavy atom. The van der Waals surface area contributed by atoms with Crippen molar-refractivity contribution in [3.05, 3.63) is 64.1 Å². The first-order valence-electron chi connectivity index (χ1n) is 5.08. The van der Waals surface area contributed by atoms with E-state index in [9.17, 15) is 0 Å². The molecular weight excluding hydrogens is 276 g/mol. The van der Waals surface area contributed by atoms with E-state index in [1.807, 2.05) is 36.4 Å². The molecule has 2 aromatic carbocycles. The maximum absolute atomic E-state index is 8.67. The second-order valence-corrected chi connectivity index (χ2v) is 4.38. The average Bonchev–Trinajstić information content (AvgIpc) is 2.39. The molecule has 82 valence electrons. The molecule has 0 unspecified atom stereocenters. The van der Waals surface area contributed by atoms with Crippen LogP contribution in [0.1, 0.15) is 11.1 Å². The summed E-state index contributed by atoms with van der Waals surface area (Å²) in [5.41, 5.74) is 2.54. The van der Waals surface area contributed by atoms with Crippen molar-refractivity contribution < 1.29 is 0 Å². The Hall–Kier alpha value is -1.92. The molecular formula is C14H9BrN2. The highest BCUT2D eigenvalue weighted by molar-refractivity contribution is 9.10. The summed E-state index contributed by atoms with van der Waals surface area (Å²) in [5, 5.41) is 8.67. The first kappa shape index (κ1) is 11.6. The molecule has 0 aliphatic rings. The van der Waals surface area contributed by atoms with E-state index in [1.165, 1.54) is 0 Å². The van der Waals surface area contributed by atoms with Gasteiger partial charge in [-0.15, -0.1) is 0 Å². The number of nitriles is 1. The van der Waals surface area contributed by atoms with Crippen LogP contribution in [0.25, 0.3) is 0 Å². The molecule has 2 aromatic rings. The number of aliphatic imine (C=N–C) groups is 1. The summed E-state index contributed by atoms with van der Waals surface area (Å²) in [6.07, 6.45) is 1.78. The van der Waals surface area contributed by atoms with Crippen LogP contribution in [0.2, 0.25) is 0 Å². The van der Waals surface area contributed by atoms with Crippen LogP contribution in [0.5, 0.6) is 0 Å². The fourth-order valence-electron chi connectivity index (χ4n) is 1.32. The van der Waals surface area contributed by atoms with Gasteiger partial charge in [-0.2, -0.15) is 5.26 Å². The minimum Gasteiger partial charge on any atom is -0.256 e. The quantitative estimate of drug-likeness (QED) is 0.766. The average molecular weight is 285 g/mol. The highest BCUT2D eigenvalue weighted by Crippen LogP contribution is 2.16. The van der Waals surface area contributed by atoms with Gasteiger partial charge in [-0.05, 0) is 42.0 Å². The Balaban J connectivity index is 2.14. The van der Waals surface area contributed by atoms with Gasteiger partial charge < -0.3 is 0 Å². The van der Waals surface area contributed by atoms with Gasteiger partial charge in [0.05, 0.1) is 17.3 Å². The van der Waals surface area contributed by atoms with E-state index in [1.54, 1.807) is 18.3 Å². The standard InChI is InChI=1S/C14H9BrN2/c15-13-5-7-14(8-6-13)17-10-12-3-1-11(9-16)2-4-12/h1-8,10H. The Morgan fingerprint density at radius 1 is 1.00 bits per heavy atom. The summed E-state index contributed by atoms with van der Waals surface area (Å²) >= 11 is 3.37. The summed E-state index contributed by atoms with van der Waals surface area (Å²) in [5.74, 6) is 0. The number of hydrogen-bond acceptors (Lipinski definition) is 2. The molecule has 0 aliphatic carbocycles. The van der Waals surface area contributed by atoms with E-state index in [-0.39, 0.29) is 0 Å². The minimum atomic E-state index is 0.658. The molecule has 0 aromatic heterocycles. The molecule has 0 saturated carbocycles. The van der Waals surface area contributed by atoms with Crippen LogP contribution >= 0.6 is 15.9 Å². The van der Waals surface area contributed by atoms with Gasteiger partial charge in [-0.1, -0.05) is 28.1 Å². The topological polar surface area (TPSA) is 36.1 Å². The zero-order valence-corrected chi connectivity index (χ0v) is 10.6. The van der Waals surface area contributed by atoms with Crippen molar-refractivity contribution in [1.29, 1.82) is 5.26 Å². The van der Waals surface area contributed by atoms with Gasteiger partial charge in [-0.3, -0.25) is 4.99 Å². The third-order valence-electron chi connectivity index (χ3n) is 2.23. The van der Waals surface area contributed by atoms with Gasteiger partial charge in [0.1, 0.15) is 0 Å². The zero-order chi connectivity index (χ0) is 12.1. The van der Waals surface area contributed by atoms with Crippen LogP contribution in [0.3, 0.4) is 0 Å². The molecule has 0 fully saturated rings. The Morgan fingerprint density at radius 2 is 1.65 bits per heavy atom. The highest BCUT2D eigenvalue weighted by Gasteiger charge is 1.91. The van der Waals surface area contributed by atoms with Crippen molar-refractivity contribution in [3.63, 3.8) is 0 Å². The van der Waals surface area contributed by atoms with Crippen molar-refractivity contribution in [2.75, 3.05) is 0 Å². The number of hydrogen-bond donors (Lipinski definition) is 0. The summed E-state index contributed by atoms with van der Waals surface area (Å²) < 4.78 is 1.04. The van der Waals surface area contributed by atoms with Crippen LogP contribution in [0.15, 0.2) is 58.0 Å². The normalized spacial score (nSPS) is 10.4. The number of nitrogens with zero attached hydrogens (tertiary/aromatic N) is 2. The van der Waals surface area contributed by atoms with Gasteiger partial charge >= 0.3 is 0 Å². The van der Waals surface area contributed by atoms with E-state index < -0.39 is 0 Å². The SMILES string of the molecule is N#Cc1ccc(C=Nc2ccc(Br)cc2)cc1. The second kappa shape index (κ2) is 5.42. The summed E-state index contributed by atoms with van der Waals surface area (Å²) in [6, 6.07) is 17.2. The van der Waals surface area contributed by atoms with E-state index in [0.29, 0.717) is 5.56 Å². The molecule has 2 rings (SSSR count). The molecule has 2 nitrogen and oxygen atoms in total. The lowest BCUT2D eigenvalue weighted by atomic mass is 10.2. The van der Waals surface area contributed by atoms with Crippen molar-refractivity contribution in [2.45, 2.75) is 0 Å². The van der Waals surface area contributed by atoms with Gasteiger partial charge in [0, 0.05) is 10.7 Å². The van der Waals surface area contributed by atoms with Gasteiger partial charge in [-0.25, -0.2) is 0 Å².